The monoisotopic (exact) mass is 522 g/mol. The number of nitrogens with zero attached hydrogens (tertiary/aromatic N) is 1. The molecule has 2 heterocycles. The lowest BCUT2D eigenvalue weighted by molar-refractivity contribution is -0.127. The average molecular weight is 523 g/mol. The number of fused-ring (bicyclic) bond motifs is 1. The van der Waals surface area contributed by atoms with Crippen molar-refractivity contribution in [3.63, 3.8) is 0 Å². The molecule has 37 heavy (non-hydrogen) atoms. The Labute approximate surface area is 217 Å². The van der Waals surface area contributed by atoms with Gasteiger partial charge in [-0.15, -0.1) is 0 Å². The molecule has 8 nitrogen and oxygen atoms in total. The molecule has 2 aromatic carbocycles. The Morgan fingerprint density at radius 2 is 1.76 bits per heavy atom. The minimum atomic E-state index is -3.19. The van der Waals surface area contributed by atoms with Gasteiger partial charge in [-0.2, -0.15) is 0 Å². The van der Waals surface area contributed by atoms with Gasteiger partial charge in [-0.25, -0.2) is 12.7 Å². The number of nitrogens with one attached hydrogen (secondary N) is 2. The first-order valence-corrected chi connectivity index (χ1v) is 14.7. The number of aromatic nitrogens is 1. The number of hydrogen-bond donors (Lipinski definition) is 3. The largest absolute Gasteiger partial charge is 0.366 e. The molecule has 1 aliphatic heterocycles. The van der Waals surface area contributed by atoms with Crippen molar-refractivity contribution in [1.82, 2.24) is 14.6 Å². The van der Waals surface area contributed by atoms with Crippen molar-refractivity contribution in [3.05, 3.63) is 59.3 Å². The van der Waals surface area contributed by atoms with E-state index in [0.29, 0.717) is 30.7 Å². The van der Waals surface area contributed by atoms with E-state index in [-0.39, 0.29) is 23.5 Å². The predicted molar refractivity (Wildman–Crippen MR) is 144 cm³/mol. The summed E-state index contributed by atoms with van der Waals surface area (Å²) in [4.78, 5) is 27.7. The molecule has 2 aliphatic rings. The summed E-state index contributed by atoms with van der Waals surface area (Å²) in [5.74, 6) is 0.0954. The molecule has 3 aromatic rings. The van der Waals surface area contributed by atoms with Gasteiger partial charge >= 0.3 is 0 Å². The highest BCUT2D eigenvalue weighted by Gasteiger charge is 2.29. The second kappa shape index (κ2) is 10.3. The van der Waals surface area contributed by atoms with Crippen molar-refractivity contribution < 1.29 is 18.0 Å². The lowest BCUT2D eigenvalue weighted by Crippen LogP contribution is -2.38. The van der Waals surface area contributed by atoms with Gasteiger partial charge in [0.25, 0.3) is 5.91 Å². The molecule has 0 atom stereocenters. The SMILES string of the molecule is CCS(=O)(=O)N1CCC(c2c[nH]c3c(C(N)=O)cc(-c4ccc(CNC(=O)C5CCC5)cc4)cc23)CC1. The highest BCUT2D eigenvalue weighted by atomic mass is 32.2. The van der Waals surface area contributed by atoms with Crippen LogP contribution in [0.5, 0.6) is 0 Å². The van der Waals surface area contributed by atoms with E-state index in [9.17, 15) is 18.0 Å². The Hall–Kier alpha value is -3.17. The number of piperidine rings is 1. The number of primary amides is 1. The molecule has 1 saturated heterocycles. The second-order valence-corrected chi connectivity index (χ2v) is 12.4. The molecular weight excluding hydrogens is 488 g/mol. The Morgan fingerprint density at radius 1 is 1.05 bits per heavy atom. The zero-order chi connectivity index (χ0) is 26.2. The number of nitrogens with two attached hydrogens (primary N) is 1. The van der Waals surface area contributed by atoms with Crippen molar-refractivity contribution in [2.75, 3.05) is 18.8 Å². The summed E-state index contributed by atoms with van der Waals surface area (Å²) in [6, 6.07) is 11.9. The smallest absolute Gasteiger partial charge is 0.250 e. The maximum absolute atomic E-state index is 12.3. The lowest BCUT2D eigenvalue weighted by atomic mass is 9.85. The van der Waals surface area contributed by atoms with Crippen molar-refractivity contribution in [1.29, 1.82) is 0 Å². The first-order valence-electron chi connectivity index (χ1n) is 13.1. The summed E-state index contributed by atoms with van der Waals surface area (Å²) in [7, 11) is -3.19. The van der Waals surface area contributed by atoms with Gasteiger partial charge in [-0.1, -0.05) is 30.7 Å². The molecule has 2 fully saturated rings. The van der Waals surface area contributed by atoms with E-state index < -0.39 is 15.9 Å². The third-order valence-corrected chi connectivity index (χ3v) is 9.85. The topological polar surface area (TPSA) is 125 Å². The van der Waals surface area contributed by atoms with E-state index in [4.69, 9.17) is 5.73 Å². The van der Waals surface area contributed by atoms with Gasteiger partial charge < -0.3 is 16.0 Å². The zero-order valence-corrected chi connectivity index (χ0v) is 21.9. The third-order valence-electron chi connectivity index (χ3n) is 7.97. The molecule has 1 aromatic heterocycles. The molecule has 1 saturated carbocycles. The molecular formula is C28H34N4O4S. The van der Waals surface area contributed by atoms with Gasteiger partial charge in [0.2, 0.25) is 15.9 Å². The molecule has 9 heteroatoms. The molecule has 0 spiro atoms. The summed E-state index contributed by atoms with van der Waals surface area (Å²) >= 11 is 0. The highest BCUT2D eigenvalue weighted by molar-refractivity contribution is 7.89. The third kappa shape index (κ3) is 5.15. The Morgan fingerprint density at radius 3 is 2.35 bits per heavy atom. The Balaban J connectivity index is 1.39. The maximum atomic E-state index is 12.3. The fourth-order valence-corrected chi connectivity index (χ4v) is 6.53. The van der Waals surface area contributed by atoms with Crippen molar-refractivity contribution >= 4 is 32.7 Å². The predicted octanol–water partition coefficient (Wildman–Crippen LogP) is 3.88. The van der Waals surface area contributed by atoms with E-state index >= 15 is 0 Å². The highest BCUT2D eigenvalue weighted by Crippen LogP contribution is 2.37. The maximum Gasteiger partial charge on any atom is 0.250 e. The van der Waals surface area contributed by atoms with Crippen LogP contribution in [0.2, 0.25) is 0 Å². The molecule has 196 valence electrons. The second-order valence-electron chi connectivity index (χ2n) is 10.2. The normalized spacial score (nSPS) is 17.5. The van der Waals surface area contributed by atoms with Crippen LogP contribution in [0, 0.1) is 5.92 Å². The lowest BCUT2D eigenvalue weighted by Gasteiger charge is -2.31. The standard InChI is InChI=1S/C28H34N4O4S/c1-2-37(35,36)32-12-10-20(11-13-32)25-17-30-26-23(25)14-22(15-24(26)27(29)33)19-8-6-18(7-9-19)16-31-28(34)21-4-3-5-21/h6-9,14-15,17,20-21,30H,2-5,10-13,16H2,1H3,(H2,29,33)(H,31,34). The number of hydrogen-bond acceptors (Lipinski definition) is 4. The Kier molecular flexibility index (Phi) is 7.09. The minimum absolute atomic E-state index is 0.113. The fourth-order valence-electron chi connectivity index (χ4n) is 5.40. The molecule has 5 rings (SSSR count). The van der Waals surface area contributed by atoms with Gasteiger partial charge in [0.15, 0.2) is 0 Å². The first-order chi connectivity index (χ1) is 17.8. The zero-order valence-electron chi connectivity index (χ0n) is 21.1. The van der Waals surface area contributed by atoms with Crippen molar-refractivity contribution in [2.45, 2.75) is 51.5 Å². The van der Waals surface area contributed by atoms with Crippen LogP contribution in [0.4, 0.5) is 0 Å². The van der Waals surface area contributed by atoms with Crippen LogP contribution in [-0.2, 0) is 21.4 Å². The number of amides is 2. The van der Waals surface area contributed by atoms with E-state index in [0.717, 1.165) is 59.7 Å². The van der Waals surface area contributed by atoms with Gasteiger partial charge in [0.05, 0.1) is 16.8 Å². The number of sulfonamides is 1. The van der Waals surface area contributed by atoms with Crippen molar-refractivity contribution in [3.8, 4) is 11.1 Å². The van der Waals surface area contributed by atoms with Crippen LogP contribution in [0.25, 0.3) is 22.0 Å². The summed E-state index contributed by atoms with van der Waals surface area (Å²) < 4.78 is 26.1. The molecule has 4 N–H and O–H groups in total. The van der Waals surface area contributed by atoms with Crippen LogP contribution in [0.1, 0.15) is 66.4 Å². The molecule has 0 bridgehead atoms. The van der Waals surface area contributed by atoms with E-state index in [1.54, 1.807) is 11.2 Å². The van der Waals surface area contributed by atoms with Crippen LogP contribution in [-0.4, -0.2) is 48.4 Å². The summed E-state index contributed by atoms with van der Waals surface area (Å²) in [5, 5.41) is 3.96. The Bertz CT molecular complexity index is 1420. The molecule has 0 radical (unpaired) electrons. The summed E-state index contributed by atoms with van der Waals surface area (Å²) in [6.07, 6.45) is 6.48. The summed E-state index contributed by atoms with van der Waals surface area (Å²) in [6.45, 7) is 3.16. The number of aromatic amines is 1. The van der Waals surface area contributed by atoms with E-state index in [1.165, 1.54) is 0 Å². The molecule has 1 aliphatic carbocycles. The van der Waals surface area contributed by atoms with Crippen LogP contribution in [0.15, 0.2) is 42.6 Å². The van der Waals surface area contributed by atoms with Gasteiger partial charge in [-0.05, 0) is 72.9 Å². The van der Waals surface area contributed by atoms with Gasteiger partial charge in [0, 0.05) is 37.1 Å². The number of rotatable bonds is 8. The fraction of sp³-hybridized carbons (Fsp3) is 0.429. The number of carbonyl (C=O) groups excluding carboxylic acids is 2. The first kappa shape index (κ1) is 25.5. The molecule has 2 amide bonds. The minimum Gasteiger partial charge on any atom is -0.366 e. The van der Waals surface area contributed by atoms with Crippen LogP contribution >= 0.6 is 0 Å². The van der Waals surface area contributed by atoms with Gasteiger partial charge in [-0.3, -0.25) is 9.59 Å². The van der Waals surface area contributed by atoms with Crippen LogP contribution < -0.4 is 11.1 Å². The van der Waals surface area contributed by atoms with Gasteiger partial charge in [0.1, 0.15) is 0 Å². The van der Waals surface area contributed by atoms with Crippen molar-refractivity contribution in [2.24, 2.45) is 11.7 Å². The number of H-pyrrole nitrogens is 1. The average Bonchev–Trinajstić information content (AvgIpc) is 3.30. The molecule has 0 unspecified atom stereocenters. The number of benzene rings is 2. The summed E-state index contributed by atoms with van der Waals surface area (Å²) in [5.41, 5.74) is 10.8. The van der Waals surface area contributed by atoms with Crippen LogP contribution in [0.3, 0.4) is 0 Å². The van der Waals surface area contributed by atoms with E-state index in [1.807, 2.05) is 36.5 Å². The quantitative estimate of drug-likeness (QED) is 0.415. The number of carbonyl (C=O) groups is 2. The van der Waals surface area contributed by atoms with E-state index in [2.05, 4.69) is 16.4 Å².